The van der Waals surface area contributed by atoms with Gasteiger partial charge in [-0.05, 0) is 38.8 Å². The molecule has 2 aliphatic rings. The number of anilines is 1. The Kier molecular flexibility index (Phi) is 3.52. The van der Waals surface area contributed by atoms with E-state index in [1.807, 2.05) is 0 Å². The normalized spacial score (nSPS) is 23.4. The van der Waals surface area contributed by atoms with Crippen LogP contribution in [-0.4, -0.2) is 36.0 Å². The van der Waals surface area contributed by atoms with Crippen LogP contribution in [0, 0.1) is 5.41 Å². The van der Waals surface area contributed by atoms with Crippen molar-refractivity contribution in [3.63, 3.8) is 0 Å². The van der Waals surface area contributed by atoms with Crippen molar-refractivity contribution in [2.75, 3.05) is 31.1 Å². The second-order valence-electron chi connectivity index (χ2n) is 6.22. The molecule has 106 valence electrons. The second-order valence-corrected chi connectivity index (χ2v) is 6.22. The summed E-state index contributed by atoms with van der Waals surface area (Å²) < 4.78 is 2.19. The van der Waals surface area contributed by atoms with Gasteiger partial charge in [-0.25, -0.2) is 0 Å². The molecule has 0 bridgehead atoms. The molecule has 3 heterocycles. The molecule has 2 aliphatic heterocycles. The lowest BCUT2D eigenvalue weighted by molar-refractivity contribution is 0.194. The van der Waals surface area contributed by atoms with E-state index >= 15 is 0 Å². The van der Waals surface area contributed by atoms with Crippen molar-refractivity contribution in [3.8, 4) is 0 Å². The van der Waals surface area contributed by atoms with Gasteiger partial charge in [-0.2, -0.15) is 5.10 Å². The lowest BCUT2D eigenvalue weighted by Gasteiger charge is -2.50. The maximum absolute atomic E-state index is 4.59. The fourth-order valence-electron chi connectivity index (χ4n) is 3.41. The van der Waals surface area contributed by atoms with E-state index in [9.17, 15) is 0 Å². The first-order valence-corrected chi connectivity index (χ1v) is 7.76. The summed E-state index contributed by atoms with van der Waals surface area (Å²) in [6.45, 7) is 9.30. The lowest BCUT2D eigenvalue weighted by Crippen LogP contribution is -2.55. The first-order chi connectivity index (χ1) is 9.26. The summed E-state index contributed by atoms with van der Waals surface area (Å²) in [5, 5.41) is 8.00. The maximum Gasteiger partial charge on any atom is 0.0753 e. The van der Waals surface area contributed by atoms with E-state index in [2.05, 4.69) is 46.2 Å². The summed E-state index contributed by atoms with van der Waals surface area (Å²) in [6.07, 6.45) is 9.30. The van der Waals surface area contributed by atoms with Gasteiger partial charge in [-0.1, -0.05) is 13.8 Å². The number of aromatic nitrogens is 2. The Balaban J connectivity index is 1.63. The van der Waals surface area contributed by atoms with Crippen LogP contribution in [0.1, 0.15) is 45.6 Å². The molecule has 0 spiro atoms. The van der Waals surface area contributed by atoms with Gasteiger partial charge in [0, 0.05) is 24.7 Å². The highest BCUT2D eigenvalue weighted by Gasteiger charge is 2.40. The molecule has 3 rings (SSSR count). The zero-order valence-electron chi connectivity index (χ0n) is 12.2. The summed E-state index contributed by atoms with van der Waals surface area (Å²) in [5.74, 6) is 0. The highest BCUT2D eigenvalue weighted by Crippen LogP contribution is 2.39. The summed E-state index contributed by atoms with van der Waals surface area (Å²) in [4.78, 5) is 2.48. The highest BCUT2D eigenvalue weighted by atomic mass is 15.3. The predicted octanol–water partition coefficient (Wildman–Crippen LogP) is 2.43. The molecule has 0 radical (unpaired) electrons. The zero-order valence-corrected chi connectivity index (χ0v) is 12.2. The number of nitrogens with zero attached hydrogens (tertiary/aromatic N) is 3. The molecule has 2 saturated heterocycles. The molecule has 1 aromatic heterocycles. The number of rotatable bonds is 4. The van der Waals surface area contributed by atoms with Crippen LogP contribution in [0.2, 0.25) is 0 Å². The Hall–Kier alpha value is -1.03. The minimum Gasteiger partial charge on any atom is -0.368 e. The third-order valence-corrected chi connectivity index (χ3v) is 5.19. The standard InChI is InChI=1S/C15H26N4/c1-3-15(4-2)11-18(12-15)14-9-17-19(10-14)13-5-7-16-8-6-13/h9-10,13,16H,3-8,11-12H2,1-2H3. The van der Waals surface area contributed by atoms with Crippen LogP contribution in [0.4, 0.5) is 5.69 Å². The maximum atomic E-state index is 4.59. The topological polar surface area (TPSA) is 33.1 Å². The molecule has 4 heteroatoms. The van der Waals surface area contributed by atoms with Crippen LogP contribution in [0.15, 0.2) is 12.4 Å². The van der Waals surface area contributed by atoms with Crippen LogP contribution < -0.4 is 10.2 Å². The van der Waals surface area contributed by atoms with Gasteiger partial charge in [0.05, 0.1) is 17.9 Å². The minimum atomic E-state index is 0.566. The second kappa shape index (κ2) is 5.16. The highest BCUT2D eigenvalue weighted by molar-refractivity contribution is 5.46. The lowest BCUT2D eigenvalue weighted by atomic mass is 9.75. The number of hydrogen-bond acceptors (Lipinski definition) is 3. The largest absolute Gasteiger partial charge is 0.368 e. The van der Waals surface area contributed by atoms with Crippen molar-refractivity contribution in [1.82, 2.24) is 15.1 Å². The number of piperidine rings is 1. The van der Waals surface area contributed by atoms with Crippen molar-refractivity contribution in [3.05, 3.63) is 12.4 Å². The van der Waals surface area contributed by atoms with Crippen molar-refractivity contribution >= 4 is 5.69 Å². The van der Waals surface area contributed by atoms with Gasteiger partial charge in [0.1, 0.15) is 0 Å². The van der Waals surface area contributed by atoms with Gasteiger partial charge in [0.2, 0.25) is 0 Å². The molecular formula is C15H26N4. The van der Waals surface area contributed by atoms with Crippen LogP contribution in [0.5, 0.6) is 0 Å². The summed E-state index contributed by atoms with van der Waals surface area (Å²) in [6, 6.07) is 0.596. The summed E-state index contributed by atoms with van der Waals surface area (Å²) in [5.41, 5.74) is 1.88. The molecule has 19 heavy (non-hydrogen) atoms. The van der Waals surface area contributed by atoms with Crippen molar-refractivity contribution in [1.29, 1.82) is 0 Å². The van der Waals surface area contributed by atoms with Crippen molar-refractivity contribution in [2.45, 2.75) is 45.6 Å². The third kappa shape index (κ3) is 2.38. The Labute approximate surface area is 116 Å². The van der Waals surface area contributed by atoms with E-state index in [-0.39, 0.29) is 0 Å². The van der Waals surface area contributed by atoms with Crippen LogP contribution >= 0.6 is 0 Å². The molecule has 2 fully saturated rings. The van der Waals surface area contributed by atoms with E-state index in [1.54, 1.807) is 0 Å². The number of nitrogens with one attached hydrogen (secondary N) is 1. The molecule has 0 aliphatic carbocycles. The minimum absolute atomic E-state index is 0.566. The Morgan fingerprint density at radius 3 is 2.58 bits per heavy atom. The Morgan fingerprint density at radius 1 is 1.26 bits per heavy atom. The molecule has 4 nitrogen and oxygen atoms in total. The van der Waals surface area contributed by atoms with Crippen LogP contribution in [-0.2, 0) is 0 Å². The van der Waals surface area contributed by atoms with E-state index < -0.39 is 0 Å². The Morgan fingerprint density at radius 2 is 1.95 bits per heavy atom. The average Bonchev–Trinajstić information content (AvgIpc) is 2.89. The quantitative estimate of drug-likeness (QED) is 0.904. The summed E-state index contributed by atoms with van der Waals surface area (Å²) in [7, 11) is 0. The van der Waals surface area contributed by atoms with E-state index in [1.165, 1.54) is 44.5 Å². The van der Waals surface area contributed by atoms with Gasteiger partial charge in [-0.3, -0.25) is 4.68 Å². The monoisotopic (exact) mass is 262 g/mol. The molecule has 0 saturated carbocycles. The van der Waals surface area contributed by atoms with Gasteiger partial charge in [-0.15, -0.1) is 0 Å². The SMILES string of the molecule is CCC1(CC)CN(c2cnn(C3CCNCC3)c2)C1. The van der Waals surface area contributed by atoms with E-state index in [0.29, 0.717) is 11.5 Å². The predicted molar refractivity (Wildman–Crippen MR) is 78.6 cm³/mol. The molecule has 0 amide bonds. The third-order valence-electron chi connectivity index (χ3n) is 5.19. The van der Waals surface area contributed by atoms with Gasteiger partial charge in [0.15, 0.2) is 0 Å². The molecule has 0 unspecified atom stereocenters. The first-order valence-electron chi connectivity index (χ1n) is 7.76. The van der Waals surface area contributed by atoms with E-state index in [4.69, 9.17) is 0 Å². The zero-order chi connectivity index (χ0) is 13.3. The number of hydrogen-bond donors (Lipinski definition) is 1. The van der Waals surface area contributed by atoms with Gasteiger partial charge >= 0.3 is 0 Å². The molecule has 0 aromatic carbocycles. The Bertz CT molecular complexity index is 408. The fraction of sp³-hybridized carbons (Fsp3) is 0.800. The fourth-order valence-corrected chi connectivity index (χ4v) is 3.41. The first kappa shape index (κ1) is 13.0. The average molecular weight is 262 g/mol. The molecule has 0 atom stereocenters. The molecule has 1 N–H and O–H groups in total. The smallest absolute Gasteiger partial charge is 0.0753 e. The van der Waals surface area contributed by atoms with Crippen molar-refractivity contribution in [2.24, 2.45) is 5.41 Å². The molecular weight excluding hydrogens is 236 g/mol. The van der Waals surface area contributed by atoms with Crippen LogP contribution in [0.25, 0.3) is 0 Å². The van der Waals surface area contributed by atoms with E-state index in [0.717, 1.165) is 13.1 Å². The van der Waals surface area contributed by atoms with Crippen molar-refractivity contribution < 1.29 is 0 Å². The van der Waals surface area contributed by atoms with Crippen LogP contribution in [0.3, 0.4) is 0 Å². The van der Waals surface area contributed by atoms with Gasteiger partial charge < -0.3 is 10.2 Å². The summed E-state index contributed by atoms with van der Waals surface area (Å²) >= 11 is 0. The van der Waals surface area contributed by atoms with Gasteiger partial charge in [0.25, 0.3) is 0 Å². The molecule has 1 aromatic rings.